The zero-order valence-electron chi connectivity index (χ0n) is 16.8. The summed E-state index contributed by atoms with van der Waals surface area (Å²) in [5, 5.41) is 0. The molecule has 0 N–H and O–H groups in total. The summed E-state index contributed by atoms with van der Waals surface area (Å²) in [7, 11) is 3.20. The first kappa shape index (κ1) is 20.2. The smallest absolute Gasteiger partial charge is 0.233 e. The third-order valence-corrected chi connectivity index (χ3v) is 5.73. The van der Waals surface area contributed by atoms with Gasteiger partial charge in [0.2, 0.25) is 5.91 Å². The molecule has 28 heavy (non-hydrogen) atoms. The second-order valence-corrected chi connectivity index (χ2v) is 7.31. The highest BCUT2D eigenvalue weighted by molar-refractivity contribution is 5.88. The van der Waals surface area contributed by atoms with Gasteiger partial charge in [-0.05, 0) is 55.2 Å². The molecule has 0 unspecified atom stereocenters. The Morgan fingerprint density at radius 3 is 2.39 bits per heavy atom. The zero-order valence-corrected chi connectivity index (χ0v) is 16.8. The fraction of sp³-hybridized carbons (Fsp3) is 0.435. The minimum absolute atomic E-state index is 0.0767. The second-order valence-electron chi connectivity index (χ2n) is 7.31. The molecule has 0 radical (unpaired) electrons. The maximum absolute atomic E-state index is 13.9. The fourth-order valence-electron chi connectivity index (χ4n) is 4.22. The van der Waals surface area contributed by atoms with E-state index < -0.39 is 5.41 Å². The topological polar surface area (TPSA) is 38.8 Å². The van der Waals surface area contributed by atoms with Gasteiger partial charge in [-0.15, -0.1) is 0 Å². The molecule has 2 aromatic rings. The molecule has 1 amide bonds. The molecule has 0 atom stereocenters. The molecule has 0 aliphatic heterocycles. The van der Waals surface area contributed by atoms with Crippen LogP contribution >= 0.6 is 0 Å². The number of methoxy groups -OCH3 is 2. The van der Waals surface area contributed by atoms with Crippen molar-refractivity contribution in [1.29, 1.82) is 0 Å². The first-order valence-electron chi connectivity index (χ1n) is 9.80. The van der Waals surface area contributed by atoms with E-state index in [4.69, 9.17) is 9.47 Å². The van der Waals surface area contributed by atoms with Crippen LogP contribution in [0.15, 0.2) is 42.5 Å². The Labute approximate surface area is 166 Å². The Morgan fingerprint density at radius 2 is 1.79 bits per heavy atom. The van der Waals surface area contributed by atoms with Gasteiger partial charge in [-0.1, -0.05) is 31.0 Å². The van der Waals surface area contributed by atoms with Gasteiger partial charge in [-0.3, -0.25) is 4.79 Å². The lowest BCUT2D eigenvalue weighted by atomic mass is 9.77. The number of ether oxygens (including phenoxy) is 2. The van der Waals surface area contributed by atoms with Crippen LogP contribution in [0.5, 0.6) is 11.5 Å². The van der Waals surface area contributed by atoms with Gasteiger partial charge in [-0.2, -0.15) is 0 Å². The van der Waals surface area contributed by atoms with Crippen LogP contribution in [0.3, 0.4) is 0 Å². The molecule has 1 aliphatic carbocycles. The van der Waals surface area contributed by atoms with Crippen molar-refractivity contribution < 1.29 is 18.7 Å². The van der Waals surface area contributed by atoms with Crippen molar-refractivity contribution in [3.05, 3.63) is 59.4 Å². The first-order chi connectivity index (χ1) is 13.5. The number of amides is 1. The van der Waals surface area contributed by atoms with Crippen molar-refractivity contribution in [2.24, 2.45) is 0 Å². The third-order valence-electron chi connectivity index (χ3n) is 5.73. The van der Waals surface area contributed by atoms with Gasteiger partial charge >= 0.3 is 0 Å². The Kier molecular flexibility index (Phi) is 6.22. The number of nitrogens with zero attached hydrogens (tertiary/aromatic N) is 1. The molecule has 0 bridgehead atoms. The van der Waals surface area contributed by atoms with Crippen LogP contribution in [-0.2, 0) is 16.8 Å². The van der Waals surface area contributed by atoms with Crippen LogP contribution in [0, 0.1) is 5.82 Å². The van der Waals surface area contributed by atoms with Gasteiger partial charge in [0.05, 0.1) is 19.6 Å². The van der Waals surface area contributed by atoms with Gasteiger partial charge in [-0.25, -0.2) is 4.39 Å². The molecular formula is C23H28FNO3. The molecule has 1 aliphatic rings. The quantitative estimate of drug-likeness (QED) is 0.693. The number of carbonyl (C=O) groups is 1. The largest absolute Gasteiger partial charge is 0.493 e. The molecular weight excluding hydrogens is 357 g/mol. The highest BCUT2D eigenvalue weighted by Crippen LogP contribution is 2.43. The van der Waals surface area contributed by atoms with Gasteiger partial charge in [0.15, 0.2) is 11.5 Å². The van der Waals surface area contributed by atoms with Crippen LogP contribution in [0.1, 0.15) is 43.7 Å². The zero-order chi connectivity index (χ0) is 20.1. The number of hydrogen-bond donors (Lipinski definition) is 0. The van der Waals surface area contributed by atoms with Crippen LogP contribution in [0.4, 0.5) is 4.39 Å². The van der Waals surface area contributed by atoms with Crippen LogP contribution in [0.2, 0.25) is 0 Å². The van der Waals surface area contributed by atoms with E-state index in [2.05, 4.69) is 0 Å². The summed E-state index contributed by atoms with van der Waals surface area (Å²) in [6, 6.07) is 12.2. The number of benzene rings is 2. The van der Waals surface area contributed by atoms with E-state index in [9.17, 15) is 9.18 Å². The number of halogens is 1. The van der Waals surface area contributed by atoms with Crippen LogP contribution in [0.25, 0.3) is 0 Å². The first-order valence-corrected chi connectivity index (χ1v) is 9.80. The lowest BCUT2D eigenvalue weighted by Crippen LogP contribution is -2.45. The summed E-state index contributed by atoms with van der Waals surface area (Å²) >= 11 is 0. The summed E-state index contributed by atoms with van der Waals surface area (Å²) in [6.45, 7) is 3.05. The van der Waals surface area contributed by atoms with Crippen LogP contribution in [-0.4, -0.2) is 31.6 Å². The summed E-state index contributed by atoms with van der Waals surface area (Å²) in [4.78, 5) is 15.5. The van der Waals surface area contributed by atoms with Crippen molar-refractivity contribution in [2.75, 3.05) is 20.8 Å². The summed E-state index contributed by atoms with van der Waals surface area (Å²) in [5.74, 6) is 1.09. The molecule has 0 heterocycles. The van der Waals surface area contributed by atoms with Gasteiger partial charge in [0.1, 0.15) is 5.82 Å². The fourth-order valence-corrected chi connectivity index (χ4v) is 4.22. The molecule has 1 fully saturated rings. The number of carbonyl (C=O) groups excluding carboxylic acids is 1. The van der Waals surface area contributed by atoms with Crippen molar-refractivity contribution in [3.63, 3.8) is 0 Å². The monoisotopic (exact) mass is 385 g/mol. The average Bonchev–Trinajstić information content (AvgIpc) is 3.22. The Bertz CT molecular complexity index is 830. The van der Waals surface area contributed by atoms with Crippen molar-refractivity contribution in [1.82, 2.24) is 4.90 Å². The maximum atomic E-state index is 13.9. The number of hydrogen-bond acceptors (Lipinski definition) is 3. The van der Waals surface area contributed by atoms with E-state index in [0.717, 1.165) is 36.8 Å². The van der Waals surface area contributed by atoms with Crippen molar-refractivity contribution in [2.45, 2.75) is 44.6 Å². The Hall–Kier alpha value is -2.56. The van der Waals surface area contributed by atoms with E-state index in [1.54, 1.807) is 20.3 Å². The number of rotatable bonds is 7. The van der Waals surface area contributed by atoms with E-state index >= 15 is 0 Å². The van der Waals surface area contributed by atoms with E-state index in [1.807, 2.05) is 36.1 Å². The maximum Gasteiger partial charge on any atom is 0.233 e. The average molecular weight is 385 g/mol. The van der Waals surface area contributed by atoms with Crippen molar-refractivity contribution >= 4 is 5.91 Å². The summed E-state index contributed by atoms with van der Waals surface area (Å²) in [5.41, 5.74) is 1.13. The third kappa shape index (κ3) is 3.84. The van der Waals surface area contributed by atoms with Crippen LogP contribution < -0.4 is 9.47 Å². The lowest BCUT2D eigenvalue weighted by molar-refractivity contribution is -0.137. The van der Waals surface area contributed by atoms with Gasteiger partial charge in [0.25, 0.3) is 0 Å². The normalized spacial score (nSPS) is 15.3. The highest BCUT2D eigenvalue weighted by atomic mass is 19.1. The predicted molar refractivity (Wildman–Crippen MR) is 107 cm³/mol. The summed E-state index contributed by atoms with van der Waals surface area (Å²) < 4.78 is 24.6. The second kappa shape index (κ2) is 8.63. The highest BCUT2D eigenvalue weighted by Gasteiger charge is 2.44. The molecule has 0 saturated heterocycles. The number of likely N-dealkylation sites (N-methyl/N-ethyl adjacent to an activating group) is 1. The molecule has 5 heteroatoms. The minimum atomic E-state index is -0.630. The molecule has 150 valence electrons. The van der Waals surface area contributed by atoms with E-state index in [0.29, 0.717) is 24.6 Å². The molecule has 2 aromatic carbocycles. The molecule has 1 saturated carbocycles. The molecule has 0 aromatic heterocycles. The molecule has 4 nitrogen and oxygen atoms in total. The SMILES string of the molecule is CCN(Cc1ccc(OC)c(OC)c1)C(=O)C1(c2cccc(F)c2)CCCC1. The van der Waals surface area contributed by atoms with E-state index in [-0.39, 0.29) is 11.7 Å². The Morgan fingerprint density at radius 1 is 1.07 bits per heavy atom. The van der Waals surface area contributed by atoms with E-state index in [1.165, 1.54) is 12.1 Å². The van der Waals surface area contributed by atoms with Gasteiger partial charge in [0, 0.05) is 13.1 Å². The predicted octanol–water partition coefficient (Wildman–Crippen LogP) is 4.70. The lowest BCUT2D eigenvalue weighted by Gasteiger charge is -2.34. The Balaban J connectivity index is 1.89. The summed E-state index contributed by atoms with van der Waals surface area (Å²) in [6.07, 6.45) is 3.49. The molecule has 0 spiro atoms. The van der Waals surface area contributed by atoms with Crippen molar-refractivity contribution in [3.8, 4) is 11.5 Å². The van der Waals surface area contributed by atoms with Gasteiger partial charge < -0.3 is 14.4 Å². The standard InChI is InChI=1S/C23H28FNO3/c1-4-25(16-17-10-11-20(27-2)21(14-17)28-3)22(26)23(12-5-6-13-23)18-8-7-9-19(24)15-18/h7-11,14-15H,4-6,12-13,16H2,1-3H3. The molecule has 3 rings (SSSR count). The minimum Gasteiger partial charge on any atom is -0.493 e.